The van der Waals surface area contributed by atoms with E-state index in [2.05, 4.69) is 19.9 Å². The molecule has 0 saturated carbocycles. The molecule has 6 heteroatoms. The molecule has 0 aromatic carbocycles. The summed E-state index contributed by atoms with van der Waals surface area (Å²) in [5.74, 6) is -0.510. The normalized spacial score (nSPS) is 10.3. The molecule has 0 aliphatic heterocycles. The van der Waals surface area contributed by atoms with Crippen LogP contribution in [-0.4, -0.2) is 27.0 Å². The molecule has 0 fully saturated rings. The third kappa shape index (κ3) is 4.09. The Labute approximate surface area is 111 Å². The highest BCUT2D eigenvalue weighted by atomic mass is 16.1. The lowest BCUT2D eigenvalue weighted by Gasteiger charge is -2.07. The number of anilines is 1. The van der Waals surface area contributed by atoms with Crippen LogP contribution in [0.4, 0.5) is 5.69 Å². The van der Waals surface area contributed by atoms with Gasteiger partial charge in [-0.05, 0) is 25.0 Å². The molecule has 0 bridgehead atoms. The third-order valence-electron chi connectivity index (χ3n) is 2.74. The van der Waals surface area contributed by atoms with E-state index in [1.165, 1.54) is 0 Å². The van der Waals surface area contributed by atoms with E-state index in [-0.39, 0.29) is 5.69 Å². The standard InChI is InChI=1S/C13H17N5O/c14-13(19)12-9-11(3-5-17-12)16-4-1-2-7-18-8-6-15-10-18/h3,5-6,8-10H,1-2,4,7H2,(H2,14,19)(H,16,17). The molecule has 100 valence electrons. The average Bonchev–Trinajstić information content (AvgIpc) is 2.92. The van der Waals surface area contributed by atoms with E-state index in [9.17, 15) is 4.79 Å². The van der Waals surface area contributed by atoms with Crippen LogP contribution >= 0.6 is 0 Å². The molecule has 1 amide bonds. The van der Waals surface area contributed by atoms with Crippen LogP contribution in [0.2, 0.25) is 0 Å². The second-order valence-electron chi connectivity index (χ2n) is 4.23. The van der Waals surface area contributed by atoms with Crippen molar-refractivity contribution in [3.05, 3.63) is 42.7 Å². The van der Waals surface area contributed by atoms with Crippen molar-refractivity contribution in [1.82, 2.24) is 14.5 Å². The quantitative estimate of drug-likeness (QED) is 0.733. The molecule has 2 aromatic heterocycles. The maximum absolute atomic E-state index is 11.0. The molecule has 0 aliphatic rings. The Morgan fingerprint density at radius 2 is 2.26 bits per heavy atom. The minimum Gasteiger partial charge on any atom is -0.385 e. The zero-order chi connectivity index (χ0) is 13.5. The monoisotopic (exact) mass is 259 g/mol. The summed E-state index contributed by atoms with van der Waals surface area (Å²) in [5.41, 5.74) is 6.32. The molecular formula is C13H17N5O. The van der Waals surface area contributed by atoms with Gasteiger partial charge in [-0.2, -0.15) is 0 Å². The predicted octanol–water partition coefficient (Wildman–Crippen LogP) is 1.27. The van der Waals surface area contributed by atoms with Crippen LogP contribution in [0.15, 0.2) is 37.1 Å². The van der Waals surface area contributed by atoms with Gasteiger partial charge in [-0.1, -0.05) is 0 Å². The number of carbonyl (C=O) groups is 1. The van der Waals surface area contributed by atoms with E-state index in [1.54, 1.807) is 18.5 Å². The zero-order valence-corrected chi connectivity index (χ0v) is 10.6. The van der Waals surface area contributed by atoms with Gasteiger partial charge >= 0.3 is 0 Å². The molecule has 2 aromatic rings. The third-order valence-corrected chi connectivity index (χ3v) is 2.74. The number of hydrogen-bond acceptors (Lipinski definition) is 4. The van der Waals surface area contributed by atoms with Crippen LogP contribution in [0, 0.1) is 0 Å². The zero-order valence-electron chi connectivity index (χ0n) is 10.6. The molecule has 0 atom stereocenters. The van der Waals surface area contributed by atoms with Crippen molar-refractivity contribution in [1.29, 1.82) is 0 Å². The van der Waals surface area contributed by atoms with E-state index in [4.69, 9.17) is 5.73 Å². The summed E-state index contributed by atoms with van der Waals surface area (Å²) in [6.07, 6.45) is 9.23. The first-order valence-corrected chi connectivity index (χ1v) is 6.21. The van der Waals surface area contributed by atoms with Crippen LogP contribution in [0.3, 0.4) is 0 Å². The molecule has 19 heavy (non-hydrogen) atoms. The summed E-state index contributed by atoms with van der Waals surface area (Å²) < 4.78 is 2.05. The maximum atomic E-state index is 11.0. The number of pyridine rings is 1. The van der Waals surface area contributed by atoms with Gasteiger partial charge in [0.05, 0.1) is 6.33 Å². The van der Waals surface area contributed by atoms with Gasteiger partial charge in [0.15, 0.2) is 0 Å². The van der Waals surface area contributed by atoms with Crippen molar-refractivity contribution in [2.45, 2.75) is 19.4 Å². The second-order valence-corrected chi connectivity index (χ2v) is 4.23. The van der Waals surface area contributed by atoms with E-state index < -0.39 is 5.91 Å². The van der Waals surface area contributed by atoms with Gasteiger partial charge in [-0.25, -0.2) is 4.98 Å². The van der Waals surface area contributed by atoms with Gasteiger partial charge in [0, 0.05) is 37.4 Å². The number of unbranched alkanes of at least 4 members (excludes halogenated alkanes) is 1. The fourth-order valence-corrected chi connectivity index (χ4v) is 1.75. The summed E-state index contributed by atoms with van der Waals surface area (Å²) in [4.78, 5) is 18.9. The van der Waals surface area contributed by atoms with Crippen molar-refractivity contribution >= 4 is 11.6 Å². The van der Waals surface area contributed by atoms with Crippen LogP contribution < -0.4 is 11.1 Å². The second kappa shape index (κ2) is 6.53. The van der Waals surface area contributed by atoms with E-state index >= 15 is 0 Å². The number of primary amides is 1. The summed E-state index contributed by atoms with van der Waals surface area (Å²) in [7, 11) is 0. The molecule has 0 radical (unpaired) electrons. The minimum atomic E-state index is -0.510. The average molecular weight is 259 g/mol. The van der Waals surface area contributed by atoms with Gasteiger partial charge in [0.1, 0.15) is 5.69 Å². The van der Waals surface area contributed by atoms with Gasteiger partial charge in [-0.3, -0.25) is 9.78 Å². The number of nitrogens with zero attached hydrogens (tertiary/aromatic N) is 3. The Bertz CT molecular complexity index is 524. The van der Waals surface area contributed by atoms with Crippen LogP contribution in [-0.2, 0) is 6.54 Å². The Morgan fingerprint density at radius 3 is 3.00 bits per heavy atom. The minimum absolute atomic E-state index is 0.281. The van der Waals surface area contributed by atoms with Crippen LogP contribution in [0.5, 0.6) is 0 Å². The predicted molar refractivity (Wildman–Crippen MR) is 72.7 cm³/mol. The topological polar surface area (TPSA) is 85.8 Å². The summed E-state index contributed by atoms with van der Waals surface area (Å²) in [5, 5.41) is 3.25. The first-order valence-electron chi connectivity index (χ1n) is 6.21. The van der Waals surface area contributed by atoms with Gasteiger partial charge in [-0.15, -0.1) is 0 Å². The van der Waals surface area contributed by atoms with E-state index in [0.29, 0.717) is 0 Å². The number of rotatable bonds is 7. The largest absolute Gasteiger partial charge is 0.385 e. The van der Waals surface area contributed by atoms with Crippen molar-refractivity contribution in [3.8, 4) is 0 Å². The Kier molecular flexibility index (Phi) is 4.49. The fourth-order valence-electron chi connectivity index (χ4n) is 1.75. The molecule has 2 heterocycles. The summed E-state index contributed by atoms with van der Waals surface area (Å²) in [6, 6.07) is 3.49. The van der Waals surface area contributed by atoms with Crippen LogP contribution in [0.1, 0.15) is 23.3 Å². The molecule has 3 N–H and O–H groups in total. The Balaban J connectivity index is 1.70. The number of aryl methyl sites for hydroxylation is 1. The Hall–Kier alpha value is -2.37. The first-order chi connectivity index (χ1) is 9.25. The van der Waals surface area contributed by atoms with E-state index in [0.717, 1.165) is 31.6 Å². The molecule has 2 rings (SSSR count). The van der Waals surface area contributed by atoms with Crippen molar-refractivity contribution in [2.75, 3.05) is 11.9 Å². The molecule has 0 saturated heterocycles. The summed E-state index contributed by atoms with van der Waals surface area (Å²) >= 11 is 0. The van der Waals surface area contributed by atoms with Gasteiger partial charge in [0.2, 0.25) is 0 Å². The molecule has 0 spiro atoms. The highest BCUT2D eigenvalue weighted by Crippen LogP contribution is 2.08. The number of imidazole rings is 1. The van der Waals surface area contributed by atoms with Gasteiger partial charge < -0.3 is 15.6 Å². The molecule has 6 nitrogen and oxygen atoms in total. The number of amides is 1. The molecule has 0 unspecified atom stereocenters. The number of nitrogens with one attached hydrogen (secondary N) is 1. The van der Waals surface area contributed by atoms with Crippen molar-refractivity contribution in [3.63, 3.8) is 0 Å². The number of hydrogen-bond donors (Lipinski definition) is 2. The lowest BCUT2D eigenvalue weighted by molar-refractivity contribution is 0.0995. The lowest BCUT2D eigenvalue weighted by atomic mass is 10.2. The van der Waals surface area contributed by atoms with Crippen molar-refractivity contribution in [2.24, 2.45) is 5.73 Å². The lowest BCUT2D eigenvalue weighted by Crippen LogP contribution is -2.13. The van der Waals surface area contributed by atoms with E-state index in [1.807, 2.05) is 18.6 Å². The smallest absolute Gasteiger partial charge is 0.267 e. The Morgan fingerprint density at radius 1 is 1.37 bits per heavy atom. The summed E-state index contributed by atoms with van der Waals surface area (Å²) in [6.45, 7) is 1.81. The SMILES string of the molecule is NC(=O)c1cc(NCCCCn2ccnc2)ccn1. The molecular weight excluding hydrogens is 242 g/mol. The first kappa shape index (κ1) is 13.1. The number of nitrogens with two attached hydrogens (primary N) is 1. The number of aromatic nitrogens is 3. The highest BCUT2D eigenvalue weighted by molar-refractivity contribution is 5.91. The fraction of sp³-hybridized carbons (Fsp3) is 0.308. The maximum Gasteiger partial charge on any atom is 0.267 e. The van der Waals surface area contributed by atoms with Crippen LogP contribution in [0.25, 0.3) is 0 Å². The highest BCUT2D eigenvalue weighted by Gasteiger charge is 2.02. The van der Waals surface area contributed by atoms with Crippen molar-refractivity contribution < 1.29 is 4.79 Å². The molecule has 0 aliphatic carbocycles. The number of carbonyl (C=O) groups excluding carboxylic acids is 1. The van der Waals surface area contributed by atoms with Gasteiger partial charge in [0.25, 0.3) is 5.91 Å².